The number of esters is 4. The van der Waals surface area contributed by atoms with Gasteiger partial charge in [0.25, 0.3) is 0 Å². The average molecular weight is 1410 g/mol. The largest absolute Gasteiger partial charge is 0.472 e. The Hall–Kier alpha value is -1.94. The number of unbranched alkanes of at least 4 members (excludes halogenated alkanes) is 43. The molecule has 0 bridgehead atoms. The summed E-state index contributed by atoms with van der Waals surface area (Å²) >= 11 is 0. The molecule has 0 heterocycles. The van der Waals surface area contributed by atoms with E-state index in [-0.39, 0.29) is 25.7 Å². The third-order valence-corrected chi connectivity index (χ3v) is 19.8. The van der Waals surface area contributed by atoms with Crippen LogP contribution < -0.4 is 0 Å². The van der Waals surface area contributed by atoms with Crippen LogP contribution in [0.4, 0.5) is 0 Å². The second-order valence-electron chi connectivity index (χ2n) is 29.2. The predicted molar refractivity (Wildman–Crippen MR) is 391 cm³/mol. The van der Waals surface area contributed by atoms with Crippen LogP contribution >= 0.6 is 15.6 Å². The van der Waals surface area contributed by atoms with E-state index in [1.165, 1.54) is 205 Å². The molecule has 0 saturated carbocycles. The second kappa shape index (κ2) is 67.5. The Kier molecular flexibility index (Phi) is 66.2. The molecule has 19 heteroatoms. The van der Waals surface area contributed by atoms with Crippen LogP contribution in [0.3, 0.4) is 0 Å². The molecule has 0 aromatic rings. The van der Waals surface area contributed by atoms with Crippen LogP contribution in [-0.4, -0.2) is 96.7 Å². The third-order valence-electron chi connectivity index (χ3n) is 17.9. The Morgan fingerprint density at radius 3 is 0.708 bits per heavy atom. The SMILES string of the molecule is CCCCCCCCCCCCC(=O)OC[C@H](COP(=O)(O)OC[C@H](O)COP(=O)(O)OC[C@@H](COC(=O)CCCCCCCCCCCCCC(C)C)OC(=O)CCCCCCCCCCCCCCCCCCC(C)C)OC(=O)CCCCCCCCCCCCC(C)C. The summed E-state index contributed by atoms with van der Waals surface area (Å²) < 4.78 is 68.6. The van der Waals surface area contributed by atoms with E-state index in [0.29, 0.717) is 25.7 Å². The number of hydrogen-bond acceptors (Lipinski definition) is 15. The molecule has 5 atom stereocenters. The number of ether oxygens (including phenoxy) is 4. The Bertz CT molecular complexity index is 1870. The number of carbonyl (C=O) groups is 4. The Balaban J connectivity index is 5.24. The van der Waals surface area contributed by atoms with Gasteiger partial charge in [0.15, 0.2) is 12.2 Å². The Morgan fingerprint density at radius 2 is 0.479 bits per heavy atom. The van der Waals surface area contributed by atoms with E-state index in [2.05, 4.69) is 48.5 Å². The zero-order chi connectivity index (χ0) is 70.9. The van der Waals surface area contributed by atoms with Gasteiger partial charge in [-0.2, -0.15) is 0 Å². The highest BCUT2D eigenvalue weighted by Crippen LogP contribution is 2.45. The summed E-state index contributed by atoms with van der Waals surface area (Å²) in [5, 5.41) is 10.6. The summed E-state index contributed by atoms with van der Waals surface area (Å²) in [5.41, 5.74) is 0. The van der Waals surface area contributed by atoms with E-state index in [0.717, 1.165) is 108 Å². The highest BCUT2D eigenvalue weighted by molar-refractivity contribution is 7.47. The number of carbonyl (C=O) groups excluding carboxylic acids is 4. The minimum atomic E-state index is -4.96. The number of rotatable bonds is 75. The summed E-state index contributed by atoms with van der Waals surface area (Å²) in [5.74, 6) is 0.216. The first kappa shape index (κ1) is 94.1. The number of aliphatic hydroxyl groups is 1. The molecular formula is C77H150O17P2. The highest BCUT2D eigenvalue weighted by Gasteiger charge is 2.30. The standard InChI is InChI=1S/C77H150O17P2/c1-8-9-10-11-12-13-30-37-44-51-58-74(79)87-64-72(94-77(82)61-54-47-40-33-26-25-29-36-43-50-57-70(6)7)66-91-95(83,84)89-62-71(78)63-90-96(85,86)92-67-73(65-88-75(80)59-52-45-38-31-24-20-22-28-35-42-49-56-69(4)5)93-76(81)60-53-46-39-32-23-19-17-15-14-16-18-21-27-34-41-48-55-68(2)3/h68-73,78H,8-67H2,1-7H3,(H,83,84)(H,85,86)/t71-,72+,73+/m0/s1. The second-order valence-corrected chi connectivity index (χ2v) is 32.1. The van der Waals surface area contributed by atoms with Gasteiger partial charge in [-0.05, 0) is 43.4 Å². The number of hydrogen-bond donors (Lipinski definition) is 3. The highest BCUT2D eigenvalue weighted by atomic mass is 31.2. The quantitative estimate of drug-likeness (QED) is 0.0222. The minimum absolute atomic E-state index is 0.106. The van der Waals surface area contributed by atoms with Gasteiger partial charge in [-0.25, -0.2) is 9.13 Å². The first-order valence-electron chi connectivity index (χ1n) is 39.8. The van der Waals surface area contributed by atoms with E-state index in [1.807, 2.05) is 0 Å². The van der Waals surface area contributed by atoms with Crippen molar-refractivity contribution in [3.63, 3.8) is 0 Å². The van der Waals surface area contributed by atoms with Crippen molar-refractivity contribution in [2.45, 2.75) is 414 Å². The van der Waals surface area contributed by atoms with Gasteiger partial charge in [0.1, 0.15) is 19.3 Å². The zero-order valence-corrected chi connectivity index (χ0v) is 64.6. The lowest BCUT2D eigenvalue weighted by molar-refractivity contribution is -0.161. The predicted octanol–water partition coefficient (Wildman–Crippen LogP) is 22.6. The molecule has 570 valence electrons. The number of aliphatic hydroxyl groups excluding tert-OH is 1. The zero-order valence-electron chi connectivity index (χ0n) is 62.8. The van der Waals surface area contributed by atoms with E-state index in [9.17, 15) is 43.2 Å². The van der Waals surface area contributed by atoms with Crippen LogP contribution in [0.15, 0.2) is 0 Å². The van der Waals surface area contributed by atoms with Gasteiger partial charge in [-0.15, -0.1) is 0 Å². The molecule has 2 unspecified atom stereocenters. The maximum absolute atomic E-state index is 13.1. The van der Waals surface area contributed by atoms with Crippen molar-refractivity contribution in [2.75, 3.05) is 39.6 Å². The van der Waals surface area contributed by atoms with Gasteiger partial charge >= 0.3 is 39.5 Å². The molecule has 3 N–H and O–H groups in total. The van der Waals surface area contributed by atoms with Crippen LogP contribution in [0.2, 0.25) is 0 Å². The molecule has 17 nitrogen and oxygen atoms in total. The van der Waals surface area contributed by atoms with Crippen molar-refractivity contribution >= 4 is 39.5 Å². The summed E-state index contributed by atoms with van der Waals surface area (Å²) in [6.45, 7) is 11.9. The number of phosphoric acid groups is 2. The van der Waals surface area contributed by atoms with Gasteiger partial charge in [0.2, 0.25) is 0 Å². The van der Waals surface area contributed by atoms with E-state index < -0.39 is 97.5 Å². The van der Waals surface area contributed by atoms with Crippen molar-refractivity contribution in [3.05, 3.63) is 0 Å². The van der Waals surface area contributed by atoms with E-state index in [1.54, 1.807) is 0 Å². The molecule has 96 heavy (non-hydrogen) atoms. The van der Waals surface area contributed by atoms with Crippen LogP contribution in [0.5, 0.6) is 0 Å². The Morgan fingerprint density at radius 1 is 0.281 bits per heavy atom. The van der Waals surface area contributed by atoms with Crippen LogP contribution in [-0.2, 0) is 65.4 Å². The minimum Gasteiger partial charge on any atom is -0.462 e. The van der Waals surface area contributed by atoms with Crippen LogP contribution in [0.25, 0.3) is 0 Å². The van der Waals surface area contributed by atoms with Gasteiger partial charge in [-0.3, -0.25) is 37.3 Å². The maximum Gasteiger partial charge on any atom is 0.472 e. The number of phosphoric ester groups is 2. The van der Waals surface area contributed by atoms with Crippen molar-refractivity contribution in [1.29, 1.82) is 0 Å². The monoisotopic (exact) mass is 1410 g/mol. The fraction of sp³-hybridized carbons (Fsp3) is 0.948. The fourth-order valence-corrected chi connectivity index (χ4v) is 13.4. The van der Waals surface area contributed by atoms with Gasteiger partial charge < -0.3 is 33.8 Å². The maximum atomic E-state index is 13.1. The van der Waals surface area contributed by atoms with Crippen LogP contribution in [0, 0.1) is 17.8 Å². The summed E-state index contributed by atoms with van der Waals surface area (Å²) in [6, 6.07) is 0. The molecule has 0 radical (unpaired) electrons. The van der Waals surface area contributed by atoms with E-state index >= 15 is 0 Å². The molecule has 0 rings (SSSR count). The topological polar surface area (TPSA) is 237 Å². The molecule has 0 amide bonds. The molecule has 0 aromatic carbocycles. The lowest BCUT2D eigenvalue weighted by Gasteiger charge is -2.21. The van der Waals surface area contributed by atoms with Gasteiger partial charge in [0.05, 0.1) is 26.4 Å². The van der Waals surface area contributed by atoms with Crippen molar-refractivity contribution in [2.24, 2.45) is 17.8 Å². The molecule has 0 aliphatic heterocycles. The van der Waals surface area contributed by atoms with E-state index in [4.69, 9.17) is 37.0 Å². The van der Waals surface area contributed by atoms with Gasteiger partial charge in [-0.1, -0.05) is 344 Å². The molecule has 0 fully saturated rings. The molecule has 0 spiro atoms. The van der Waals surface area contributed by atoms with Crippen molar-refractivity contribution in [1.82, 2.24) is 0 Å². The average Bonchev–Trinajstić information content (AvgIpc) is 1.35. The lowest BCUT2D eigenvalue weighted by atomic mass is 10.0. The lowest BCUT2D eigenvalue weighted by Crippen LogP contribution is -2.30. The van der Waals surface area contributed by atoms with Crippen LogP contribution in [0.1, 0.15) is 395 Å². The first-order chi connectivity index (χ1) is 46.2. The third kappa shape index (κ3) is 70.5. The molecular weight excluding hydrogens is 1260 g/mol. The first-order valence-corrected chi connectivity index (χ1v) is 42.8. The van der Waals surface area contributed by atoms with Gasteiger partial charge in [0, 0.05) is 25.7 Å². The normalized spacial score (nSPS) is 14.1. The Labute approximate surface area is 588 Å². The molecule has 0 aliphatic carbocycles. The summed E-state index contributed by atoms with van der Waals surface area (Å²) in [4.78, 5) is 72.8. The van der Waals surface area contributed by atoms with Crippen molar-refractivity contribution < 1.29 is 80.2 Å². The summed E-state index contributed by atoms with van der Waals surface area (Å²) in [6.07, 6.45) is 54.0. The summed E-state index contributed by atoms with van der Waals surface area (Å²) in [7, 11) is -9.91. The molecule has 0 aliphatic rings. The van der Waals surface area contributed by atoms with Crippen molar-refractivity contribution in [3.8, 4) is 0 Å². The fourth-order valence-electron chi connectivity index (χ4n) is 11.8. The molecule has 0 saturated heterocycles. The smallest absolute Gasteiger partial charge is 0.462 e. The molecule has 0 aromatic heterocycles.